The molecule has 0 aromatic heterocycles. The molecule has 0 radical (unpaired) electrons. The van der Waals surface area contributed by atoms with Gasteiger partial charge in [0.2, 0.25) is 0 Å². The minimum Gasteiger partial charge on any atom is -0.316 e. The predicted octanol–water partition coefficient (Wildman–Crippen LogP) is 8.04. The topological polar surface area (TPSA) is 41.3 Å². The normalized spacial score (nSPS) is 23.0. The van der Waals surface area contributed by atoms with E-state index >= 15 is 0 Å². The molecule has 3 aromatic rings. The summed E-state index contributed by atoms with van der Waals surface area (Å²) in [6, 6.07) is 18.9. The summed E-state index contributed by atoms with van der Waals surface area (Å²) in [6.07, 6.45) is -5.08. The number of hydrogen-bond acceptors (Lipinski definition) is 3. The Bertz CT molecular complexity index is 1320. The maximum absolute atomic E-state index is 13.4. The number of benzene rings is 3. The number of nitrogens with zero attached hydrogens (tertiary/aromatic N) is 1. The minimum atomic E-state index is -4.90. The van der Waals surface area contributed by atoms with Crippen molar-refractivity contribution in [2.45, 2.75) is 80.8 Å². The van der Waals surface area contributed by atoms with E-state index in [9.17, 15) is 30.7 Å². The second-order valence-electron chi connectivity index (χ2n) is 12.3. The fraction of sp³-hybridized carbons (Fsp3) is 0.471. The number of rotatable bonds is 8. The van der Waals surface area contributed by atoms with Gasteiger partial charge in [0.15, 0.2) is 0 Å². The molecule has 238 valence electrons. The lowest BCUT2D eigenvalue weighted by molar-refractivity contribution is -0.143. The van der Waals surface area contributed by atoms with Crippen LogP contribution < -0.4 is 11.1 Å². The third-order valence-electron chi connectivity index (χ3n) is 9.49. The van der Waals surface area contributed by atoms with Crippen molar-refractivity contribution in [3.63, 3.8) is 0 Å². The summed E-state index contributed by atoms with van der Waals surface area (Å²) in [5.41, 5.74) is 5.56. The number of nitrogens with two attached hydrogens (primary N) is 1. The maximum Gasteiger partial charge on any atom is 0.416 e. The third-order valence-corrected chi connectivity index (χ3v) is 9.49. The first-order valence-corrected chi connectivity index (χ1v) is 15.1. The van der Waals surface area contributed by atoms with Crippen molar-refractivity contribution >= 4 is 0 Å². The summed E-state index contributed by atoms with van der Waals surface area (Å²) in [5, 5.41) is 3.25. The van der Waals surface area contributed by atoms with Crippen molar-refractivity contribution in [1.29, 1.82) is 0 Å². The van der Waals surface area contributed by atoms with Crippen molar-refractivity contribution in [2.24, 2.45) is 5.73 Å². The number of hydrogen-bond donors (Lipinski definition) is 2. The molecule has 0 spiro atoms. The number of likely N-dealkylation sites (tertiary alicyclic amines) is 1. The third kappa shape index (κ3) is 7.82. The van der Waals surface area contributed by atoms with Crippen molar-refractivity contribution < 1.29 is 30.7 Å². The summed E-state index contributed by atoms with van der Waals surface area (Å²) < 4.78 is 93.4. The van der Waals surface area contributed by atoms with Crippen LogP contribution in [0.4, 0.5) is 30.7 Å². The molecule has 3 N–H and O–H groups in total. The average molecular weight is 622 g/mol. The zero-order valence-electron chi connectivity index (χ0n) is 24.4. The van der Waals surface area contributed by atoms with E-state index in [-0.39, 0.29) is 29.3 Å². The van der Waals surface area contributed by atoms with Gasteiger partial charge in [-0.2, -0.15) is 26.3 Å². The summed E-state index contributed by atoms with van der Waals surface area (Å²) in [5.74, 6) is 0.200. The number of alkyl halides is 6. The summed E-state index contributed by atoms with van der Waals surface area (Å²) in [6.45, 7) is 2.42. The monoisotopic (exact) mass is 621 g/mol. The zero-order valence-corrected chi connectivity index (χ0v) is 24.4. The van der Waals surface area contributed by atoms with Crippen LogP contribution in [-0.4, -0.2) is 36.7 Å². The first-order valence-electron chi connectivity index (χ1n) is 15.1. The molecule has 0 bridgehead atoms. The lowest BCUT2D eigenvalue weighted by Crippen LogP contribution is -2.51. The van der Waals surface area contributed by atoms with Crippen LogP contribution in [0.5, 0.6) is 0 Å². The molecule has 0 amide bonds. The van der Waals surface area contributed by atoms with Crippen molar-refractivity contribution in [2.75, 3.05) is 19.6 Å². The Morgan fingerprint density at radius 2 is 1.36 bits per heavy atom. The van der Waals surface area contributed by atoms with Crippen LogP contribution in [-0.2, 0) is 24.2 Å². The van der Waals surface area contributed by atoms with Crippen LogP contribution in [0.1, 0.15) is 72.3 Å². The molecule has 5 rings (SSSR count). The van der Waals surface area contributed by atoms with Crippen LogP contribution >= 0.6 is 0 Å². The van der Waals surface area contributed by atoms with Crippen LogP contribution in [0.25, 0.3) is 0 Å². The molecule has 2 fully saturated rings. The highest BCUT2D eigenvalue weighted by molar-refractivity contribution is 5.34. The summed E-state index contributed by atoms with van der Waals surface area (Å²) in [7, 11) is 0. The molecular weight excluding hydrogens is 583 g/mol. The highest BCUT2D eigenvalue weighted by atomic mass is 19.4. The highest BCUT2D eigenvalue weighted by Crippen LogP contribution is 2.42. The predicted molar refractivity (Wildman–Crippen MR) is 156 cm³/mol. The van der Waals surface area contributed by atoms with E-state index in [2.05, 4.69) is 22.3 Å². The van der Waals surface area contributed by atoms with Crippen LogP contribution in [0.3, 0.4) is 0 Å². The van der Waals surface area contributed by atoms with Crippen LogP contribution in [0.2, 0.25) is 0 Å². The van der Waals surface area contributed by atoms with Gasteiger partial charge in [-0.3, -0.25) is 0 Å². The largest absolute Gasteiger partial charge is 0.416 e. The van der Waals surface area contributed by atoms with Gasteiger partial charge in [-0.25, -0.2) is 4.39 Å². The van der Waals surface area contributed by atoms with E-state index in [1.165, 1.54) is 17.7 Å². The number of halogens is 7. The van der Waals surface area contributed by atoms with Crippen molar-refractivity contribution in [1.82, 2.24) is 10.2 Å². The van der Waals surface area contributed by atoms with Crippen molar-refractivity contribution in [3.05, 3.63) is 106 Å². The van der Waals surface area contributed by atoms with Crippen LogP contribution in [0.15, 0.2) is 72.8 Å². The highest BCUT2D eigenvalue weighted by Gasteiger charge is 2.40. The molecule has 1 atom stereocenters. The molecular formula is C34H38F7N3. The van der Waals surface area contributed by atoms with Gasteiger partial charge >= 0.3 is 12.4 Å². The van der Waals surface area contributed by atoms with Gasteiger partial charge in [-0.05, 0) is 105 Å². The molecule has 2 aliphatic rings. The molecule has 1 aliphatic heterocycles. The SMILES string of the molecule is N[C@H](Cc1cc(C(F)(F)F)cc(C(F)(F)F)c1)NCC1(c2ccccc2)CCC(N2CCC(c3ccc(F)cc3)CC2)CC1. The first kappa shape index (κ1) is 32.4. The number of nitrogens with one attached hydrogen (secondary N) is 1. The zero-order chi connectivity index (χ0) is 31.5. The molecule has 1 saturated carbocycles. The lowest BCUT2D eigenvalue weighted by Gasteiger charge is -2.46. The molecule has 0 unspecified atom stereocenters. The van der Waals surface area contributed by atoms with Gasteiger partial charge in [0.1, 0.15) is 5.82 Å². The van der Waals surface area contributed by atoms with E-state index < -0.39 is 29.6 Å². The van der Waals surface area contributed by atoms with Gasteiger partial charge < -0.3 is 16.0 Å². The molecule has 3 nitrogen and oxygen atoms in total. The second kappa shape index (κ2) is 13.2. The van der Waals surface area contributed by atoms with Gasteiger partial charge in [0.05, 0.1) is 17.3 Å². The molecule has 1 aliphatic carbocycles. The van der Waals surface area contributed by atoms with Gasteiger partial charge in [0, 0.05) is 24.4 Å². The van der Waals surface area contributed by atoms with Crippen molar-refractivity contribution in [3.8, 4) is 0 Å². The quantitative estimate of drug-likeness (QED) is 0.198. The summed E-state index contributed by atoms with van der Waals surface area (Å²) >= 11 is 0. The Labute approximate surface area is 253 Å². The number of piperidine rings is 1. The lowest BCUT2D eigenvalue weighted by atomic mass is 9.67. The Morgan fingerprint density at radius 1 is 0.795 bits per heavy atom. The van der Waals surface area contributed by atoms with Gasteiger partial charge in [-0.15, -0.1) is 0 Å². The Kier molecular flexibility index (Phi) is 9.72. The maximum atomic E-state index is 13.4. The molecule has 10 heteroatoms. The van der Waals surface area contributed by atoms with E-state index in [0.717, 1.165) is 69.3 Å². The molecule has 3 aromatic carbocycles. The van der Waals surface area contributed by atoms with Gasteiger partial charge in [0.25, 0.3) is 0 Å². The molecule has 44 heavy (non-hydrogen) atoms. The minimum absolute atomic E-state index is 0.117. The van der Waals surface area contributed by atoms with E-state index in [4.69, 9.17) is 5.73 Å². The smallest absolute Gasteiger partial charge is 0.316 e. The Hall–Kier alpha value is -2.95. The van der Waals surface area contributed by atoms with E-state index in [0.29, 0.717) is 18.5 Å². The Balaban J connectivity index is 1.22. The molecule has 1 heterocycles. The average Bonchev–Trinajstić information content (AvgIpc) is 3.00. The van der Waals surface area contributed by atoms with E-state index in [1.807, 2.05) is 30.3 Å². The molecule has 1 saturated heterocycles. The summed E-state index contributed by atoms with van der Waals surface area (Å²) in [4.78, 5) is 2.56. The second-order valence-corrected chi connectivity index (χ2v) is 12.3. The van der Waals surface area contributed by atoms with Crippen LogP contribution in [0, 0.1) is 5.82 Å². The fourth-order valence-electron chi connectivity index (χ4n) is 7.00. The van der Waals surface area contributed by atoms with Gasteiger partial charge in [-0.1, -0.05) is 42.5 Å². The standard InChI is InChI=1S/C34H38F7N3/c35-29-8-6-24(7-9-29)25-12-16-44(17-13-25)30-10-14-32(15-11-30,26-4-2-1-3-5-26)22-43-31(42)20-23-18-27(33(36,37)38)21-28(19-23)34(39,40)41/h1-9,18-19,21,25,30-31,43H,10-17,20,22,42H2/t30?,31-,32?/m0/s1. The fourth-order valence-corrected chi connectivity index (χ4v) is 7.00. The van der Waals surface area contributed by atoms with E-state index in [1.54, 1.807) is 0 Å². The first-order chi connectivity index (χ1) is 20.8. The Morgan fingerprint density at radius 3 is 1.91 bits per heavy atom.